The normalized spacial score (nSPS) is 11.4. The van der Waals surface area contributed by atoms with Crippen molar-refractivity contribution in [2.24, 2.45) is 0 Å². The van der Waals surface area contributed by atoms with Crippen LogP contribution in [-0.4, -0.2) is 35.3 Å². The molecule has 0 aliphatic heterocycles. The number of rotatable bonds is 7. The van der Waals surface area contributed by atoms with E-state index in [4.69, 9.17) is 0 Å². The van der Waals surface area contributed by atoms with Gasteiger partial charge in [-0.1, -0.05) is 30.0 Å². The quantitative estimate of drug-likeness (QED) is 0.188. The highest BCUT2D eigenvalue weighted by Crippen LogP contribution is 2.26. The fourth-order valence-corrected chi connectivity index (χ4v) is 5.18. The highest BCUT2D eigenvalue weighted by Gasteiger charge is 2.20. The number of allylic oxidation sites excluding steroid dienone is 1. The number of carbonyl (C=O) groups is 1. The van der Waals surface area contributed by atoms with Gasteiger partial charge in [0.2, 0.25) is 5.78 Å². The molecule has 5 rings (SSSR count). The van der Waals surface area contributed by atoms with E-state index in [0.29, 0.717) is 33.9 Å². The van der Waals surface area contributed by atoms with Crippen LogP contribution in [0, 0.1) is 19.7 Å². The Labute approximate surface area is 204 Å². The third kappa shape index (κ3) is 3.87. The van der Waals surface area contributed by atoms with Gasteiger partial charge in [0.05, 0.1) is 16.7 Å². The van der Waals surface area contributed by atoms with Crippen molar-refractivity contribution in [3.8, 4) is 5.69 Å². The molecule has 0 saturated heterocycles. The fourth-order valence-electron chi connectivity index (χ4n) is 4.36. The molecule has 3 heterocycles. The number of hydrogen-bond acceptors (Lipinski definition) is 5. The third-order valence-electron chi connectivity index (χ3n) is 5.94. The van der Waals surface area contributed by atoms with Gasteiger partial charge in [-0.2, -0.15) is 0 Å². The van der Waals surface area contributed by atoms with E-state index in [1.54, 1.807) is 28.7 Å². The van der Waals surface area contributed by atoms with Crippen LogP contribution in [-0.2, 0) is 6.54 Å². The Morgan fingerprint density at radius 2 is 1.86 bits per heavy atom. The fraction of sp³-hybridized carbons (Fsp3) is 0.154. The zero-order valence-corrected chi connectivity index (χ0v) is 20.1. The molecule has 0 radical (unpaired) electrons. The molecule has 0 amide bonds. The summed E-state index contributed by atoms with van der Waals surface area (Å²) in [6, 6.07) is 15.3. The second-order valence-corrected chi connectivity index (χ2v) is 9.09. The first kappa shape index (κ1) is 22.8. The summed E-state index contributed by atoms with van der Waals surface area (Å²) in [4.78, 5) is 26.2. The zero-order chi connectivity index (χ0) is 24.7. The van der Waals surface area contributed by atoms with Crippen molar-refractivity contribution in [1.82, 2.24) is 23.7 Å². The molecular formula is C26H22FN5O2S. The lowest BCUT2D eigenvalue weighted by Gasteiger charge is -2.10. The number of ketones is 1. The molecule has 9 heteroatoms. The summed E-state index contributed by atoms with van der Waals surface area (Å²) in [5.74, 6) is 0.175. The Morgan fingerprint density at radius 3 is 2.60 bits per heavy atom. The molecule has 0 bridgehead atoms. The predicted octanol–water partition coefficient (Wildman–Crippen LogP) is 4.75. The number of aromatic nitrogens is 5. The first-order chi connectivity index (χ1) is 16.9. The standard InChI is InChI=1S/C26H22FN5O2S/c1-4-13-30-24(34)20-7-5-6-8-22(20)32-25(30)28-29-26(32)35-15-23(33)21-14-16(2)31(17(21)3)19-11-9-18(27)10-12-19/h4-12,14H,1,13,15H2,2-3H3. The van der Waals surface area contributed by atoms with Gasteiger partial charge >= 0.3 is 0 Å². The number of halogens is 1. The van der Waals surface area contributed by atoms with Crippen LogP contribution >= 0.6 is 11.8 Å². The van der Waals surface area contributed by atoms with Gasteiger partial charge in [0, 0.05) is 29.2 Å². The number of Topliss-reactive ketones (excluding diaryl/α,β-unsaturated/α-hetero) is 1. The molecule has 0 saturated carbocycles. The molecule has 0 fully saturated rings. The minimum atomic E-state index is -0.310. The summed E-state index contributed by atoms with van der Waals surface area (Å²) in [5, 5.41) is 9.59. The van der Waals surface area contributed by atoms with E-state index >= 15 is 0 Å². The molecule has 0 spiro atoms. The highest BCUT2D eigenvalue weighted by atomic mass is 32.2. The molecule has 0 atom stereocenters. The lowest BCUT2D eigenvalue weighted by atomic mass is 10.2. The molecule has 176 valence electrons. The lowest BCUT2D eigenvalue weighted by molar-refractivity contribution is 0.102. The Bertz CT molecular complexity index is 1660. The van der Waals surface area contributed by atoms with Gasteiger partial charge in [0.25, 0.3) is 5.56 Å². The summed E-state index contributed by atoms with van der Waals surface area (Å²) in [6.07, 6.45) is 1.64. The molecule has 2 aromatic carbocycles. The highest BCUT2D eigenvalue weighted by molar-refractivity contribution is 7.99. The molecule has 7 nitrogen and oxygen atoms in total. The lowest BCUT2D eigenvalue weighted by Crippen LogP contribution is -2.22. The van der Waals surface area contributed by atoms with E-state index in [-0.39, 0.29) is 22.9 Å². The molecule has 5 aromatic rings. The molecule has 0 N–H and O–H groups in total. The number of thioether (sulfide) groups is 1. The van der Waals surface area contributed by atoms with E-state index in [2.05, 4.69) is 16.8 Å². The molecule has 0 aliphatic rings. The van der Waals surface area contributed by atoms with E-state index in [1.165, 1.54) is 28.5 Å². The smallest absolute Gasteiger partial charge is 0.263 e. The van der Waals surface area contributed by atoms with Crippen molar-refractivity contribution in [3.63, 3.8) is 0 Å². The van der Waals surface area contributed by atoms with Crippen LogP contribution in [0.25, 0.3) is 22.4 Å². The van der Waals surface area contributed by atoms with Gasteiger partial charge in [0.15, 0.2) is 10.9 Å². The van der Waals surface area contributed by atoms with Gasteiger partial charge in [-0.25, -0.2) is 4.39 Å². The molecular weight excluding hydrogens is 465 g/mol. The summed E-state index contributed by atoms with van der Waals surface area (Å²) < 4.78 is 18.6. The second-order valence-electron chi connectivity index (χ2n) is 8.15. The van der Waals surface area contributed by atoms with Crippen molar-refractivity contribution in [2.45, 2.75) is 25.5 Å². The topological polar surface area (TPSA) is 74.2 Å². The first-order valence-electron chi connectivity index (χ1n) is 11.0. The van der Waals surface area contributed by atoms with Crippen LogP contribution in [0.4, 0.5) is 4.39 Å². The molecule has 3 aromatic heterocycles. The van der Waals surface area contributed by atoms with Gasteiger partial charge < -0.3 is 4.57 Å². The Hall–Kier alpha value is -3.98. The second kappa shape index (κ2) is 8.99. The minimum absolute atomic E-state index is 0.0584. The third-order valence-corrected chi connectivity index (χ3v) is 6.87. The minimum Gasteiger partial charge on any atom is -0.318 e. The zero-order valence-electron chi connectivity index (χ0n) is 19.2. The number of nitrogens with zero attached hydrogens (tertiary/aromatic N) is 5. The van der Waals surface area contributed by atoms with Crippen LogP contribution < -0.4 is 5.56 Å². The van der Waals surface area contributed by atoms with Crippen LogP contribution in [0.3, 0.4) is 0 Å². The molecule has 0 aliphatic carbocycles. The van der Waals surface area contributed by atoms with Crippen molar-refractivity contribution < 1.29 is 9.18 Å². The van der Waals surface area contributed by atoms with Crippen LogP contribution in [0.5, 0.6) is 0 Å². The van der Waals surface area contributed by atoms with Crippen LogP contribution in [0.15, 0.2) is 77.2 Å². The van der Waals surface area contributed by atoms with Gasteiger partial charge in [-0.15, -0.1) is 16.8 Å². The van der Waals surface area contributed by atoms with Crippen molar-refractivity contribution in [2.75, 3.05) is 5.75 Å². The van der Waals surface area contributed by atoms with Gasteiger partial charge in [-0.05, 0) is 56.3 Å². The Balaban J connectivity index is 1.49. The average molecular weight is 488 g/mol. The van der Waals surface area contributed by atoms with Crippen molar-refractivity contribution >= 4 is 34.2 Å². The Morgan fingerprint density at radius 1 is 1.11 bits per heavy atom. The van der Waals surface area contributed by atoms with Crippen LogP contribution in [0.2, 0.25) is 0 Å². The van der Waals surface area contributed by atoms with E-state index in [9.17, 15) is 14.0 Å². The van der Waals surface area contributed by atoms with Gasteiger partial charge in [0.1, 0.15) is 5.82 Å². The maximum atomic E-state index is 13.4. The summed E-state index contributed by atoms with van der Waals surface area (Å²) in [5.41, 5.74) is 3.58. The summed E-state index contributed by atoms with van der Waals surface area (Å²) >= 11 is 1.27. The van der Waals surface area contributed by atoms with E-state index < -0.39 is 0 Å². The molecule has 0 unspecified atom stereocenters. The SMILES string of the molecule is C=CCn1c(=O)c2ccccc2n2c(SCC(=O)c3cc(C)n(-c4ccc(F)cc4)c3C)nnc12. The number of benzene rings is 2. The maximum absolute atomic E-state index is 13.4. The summed E-state index contributed by atoms with van der Waals surface area (Å²) in [6.45, 7) is 7.83. The van der Waals surface area contributed by atoms with Crippen molar-refractivity contribution in [1.29, 1.82) is 0 Å². The van der Waals surface area contributed by atoms with Crippen LogP contribution in [0.1, 0.15) is 21.7 Å². The van der Waals surface area contributed by atoms with E-state index in [0.717, 1.165) is 17.1 Å². The van der Waals surface area contributed by atoms with Gasteiger partial charge in [-0.3, -0.25) is 18.6 Å². The monoisotopic (exact) mass is 487 g/mol. The average Bonchev–Trinajstić information content (AvgIpc) is 3.41. The summed E-state index contributed by atoms with van der Waals surface area (Å²) in [7, 11) is 0. The maximum Gasteiger partial charge on any atom is 0.263 e. The number of para-hydroxylation sites is 1. The van der Waals surface area contributed by atoms with Crippen molar-refractivity contribution in [3.05, 3.63) is 100 Å². The number of hydrogen-bond donors (Lipinski definition) is 0. The Kier molecular flexibility index (Phi) is 5.86. The number of carbonyl (C=O) groups excluding carboxylic acids is 1. The molecule has 35 heavy (non-hydrogen) atoms. The largest absolute Gasteiger partial charge is 0.318 e. The number of fused-ring (bicyclic) bond motifs is 3. The first-order valence-corrected chi connectivity index (χ1v) is 12.0. The number of aryl methyl sites for hydroxylation is 1. The van der Waals surface area contributed by atoms with E-state index in [1.807, 2.05) is 42.7 Å². The predicted molar refractivity (Wildman–Crippen MR) is 135 cm³/mol.